The molecule has 0 spiro atoms. The molecule has 17 heavy (non-hydrogen) atoms. The zero-order valence-corrected chi connectivity index (χ0v) is 9.64. The van der Waals surface area contributed by atoms with Crippen molar-refractivity contribution >= 4 is 22.6 Å². The van der Waals surface area contributed by atoms with Gasteiger partial charge in [-0.2, -0.15) is 0 Å². The molecule has 0 aliphatic heterocycles. The van der Waals surface area contributed by atoms with E-state index in [2.05, 4.69) is 0 Å². The summed E-state index contributed by atoms with van der Waals surface area (Å²) in [6, 6.07) is 7.52. The maximum Gasteiger partial charge on any atom is 0.237 e. The Bertz CT molecular complexity index is 584. The third-order valence-corrected chi connectivity index (χ3v) is 2.74. The van der Waals surface area contributed by atoms with Gasteiger partial charge in [-0.05, 0) is 6.07 Å². The highest BCUT2D eigenvalue weighted by Gasteiger charge is 2.13. The van der Waals surface area contributed by atoms with E-state index < -0.39 is 5.91 Å². The van der Waals surface area contributed by atoms with Crippen LogP contribution in [0.4, 0.5) is 0 Å². The van der Waals surface area contributed by atoms with Crippen LogP contribution in [0.2, 0.25) is 0 Å². The van der Waals surface area contributed by atoms with Crippen LogP contribution in [0.1, 0.15) is 23.7 Å². The minimum Gasteiger partial charge on any atom is -0.368 e. The van der Waals surface area contributed by atoms with Crippen molar-refractivity contribution in [2.75, 3.05) is 0 Å². The molecule has 0 fully saturated rings. The molecule has 88 valence electrons. The number of ketones is 1. The molecule has 2 rings (SSSR count). The van der Waals surface area contributed by atoms with Gasteiger partial charge in [-0.15, -0.1) is 0 Å². The zero-order valence-electron chi connectivity index (χ0n) is 9.64. The summed E-state index contributed by atoms with van der Waals surface area (Å²) >= 11 is 0. The summed E-state index contributed by atoms with van der Waals surface area (Å²) < 4.78 is 1.72. The van der Waals surface area contributed by atoms with E-state index >= 15 is 0 Å². The van der Waals surface area contributed by atoms with Crippen LogP contribution in [0, 0.1) is 0 Å². The van der Waals surface area contributed by atoms with Crippen LogP contribution in [0.25, 0.3) is 10.9 Å². The quantitative estimate of drug-likeness (QED) is 0.813. The minimum atomic E-state index is -0.416. The summed E-state index contributed by atoms with van der Waals surface area (Å²) in [6.45, 7) is 1.92. The first-order chi connectivity index (χ1) is 8.13. The molecule has 4 heteroatoms. The Morgan fingerprint density at radius 2 is 2.00 bits per heavy atom. The number of hydrogen-bond acceptors (Lipinski definition) is 2. The molecule has 0 aliphatic carbocycles. The van der Waals surface area contributed by atoms with E-state index in [0.29, 0.717) is 12.0 Å². The average Bonchev–Trinajstić information content (AvgIpc) is 2.67. The highest BCUT2D eigenvalue weighted by Crippen LogP contribution is 2.22. The molecule has 4 nitrogen and oxygen atoms in total. The fraction of sp³-hybridized carbons (Fsp3) is 0.231. The van der Waals surface area contributed by atoms with Gasteiger partial charge in [-0.3, -0.25) is 9.59 Å². The number of nitrogens with two attached hydrogens (primary N) is 1. The smallest absolute Gasteiger partial charge is 0.237 e. The van der Waals surface area contributed by atoms with Crippen LogP contribution >= 0.6 is 0 Å². The number of fused-ring (bicyclic) bond motifs is 1. The first-order valence-electron chi connectivity index (χ1n) is 5.53. The third kappa shape index (κ3) is 2.06. The molecule has 0 saturated carbocycles. The minimum absolute atomic E-state index is 0.0735. The summed E-state index contributed by atoms with van der Waals surface area (Å²) in [4.78, 5) is 22.8. The van der Waals surface area contributed by atoms with Gasteiger partial charge in [-0.25, -0.2) is 0 Å². The van der Waals surface area contributed by atoms with Crippen molar-refractivity contribution in [3.05, 3.63) is 36.0 Å². The topological polar surface area (TPSA) is 65.1 Å². The van der Waals surface area contributed by atoms with Crippen molar-refractivity contribution < 1.29 is 9.59 Å². The predicted molar refractivity (Wildman–Crippen MR) is 65.8 cm³/mol. The van der Waals surface area contributed by atoms with Crippen LogP contribution in [-0.2, 0) is 11.3 Å². The summed E-state index contributed by atoms with van der Waals surface area (Å²) in [7, 11) is 0. The molecule has 1 heterocycles. The van der Waals surface area contributed by atoms with Gasteiger partial charge in [0, 0.05) is 29.1 Å². The Balaban J connectivity index is 2.62. The molecule has 1 amide bonds. The summed E-state index contributed by atoms with van der Waals surface area (Å²) in [6.07, 6.45) is 2.16. The second-order valence-corrected chi connectivity index (χ2v) is 3.93. The van der Waals surface area contributed by atoms with Crippen molar-refractivity contribution in [3.8, 4) is 0 Å². The van der Waals surface area contributed by atoms with Crippen molar-refractivity contribution in [2.24, 2.45) is 5.73 Å². The maximum atomic E-state index is 11.8. The van der Waals surface area contributed by atoms with Gasteiger partial charge < -0.3 is 10.3 Å². The van der Waals surface area contributed by atoms with Crippen molar-refractivity contribution in [1.29, 1.82) is 0 Å². The van der Waals surface area contributed by atoms with Crippen LogP contribution in [0.3, 0.4) is 0 Å². The molecule has 2 aromatic rings. The predicted octanol–water partition coefficient (Wildman–Crippen LogP) is 1.72. The van der Waals surface area contributed by atoms with Crippen LogP contribution < -0.4 is 5.73 Å². The largest absolute Gasteiger partial charge is 0.368 e. The number of aromatic nitrogens is 1. The van der Waals surface area contributed by atoms with E-state index in [0.717, 1.165) is 10.9 Å². The van der Waals surface area contributed by atoms with Gasteiger partial charge in [-0.1, -0.05) is 25.1 Å². The number of carbonyl (C=O) groups excluding carboxylic acids is 2. The number of primary amides is 1. The second-order valence-electron chi connectivity index (χ2n) is 3.93. The van der Waals surface area contributed by atoms with Crippen molar-refractivity contribution in [2.45, 2.75) is 19.9 Å². The van der Waals surface area contributed by atoms with E-state index in [-0.39, 0.29) is 12.3 Å². The number of para-hydroxylation sites is 1. The molecule has 0 aliphatic rings. The molecule has 2 N–H and O–H groups in total. The standard InChI is InChI=1S/C13H14N2O2/c1-2-12(16)10-7-15(8-13(14)17)11-6-4-3-5-9(10)11/h3-7H,2,8H2,1H3,(H2,14,17). The molecular formula is C13H14N2O2. The van der Waals surface area contributed by atoms with E-state index in [1.165, 1.54) is 0 Å². The van der Waals surface area contributed by atoms with E-state index in [4.69, 9.17) is 5.73 Å². The first-order valence-corrected chi connectivity index (χ1v) is 5.53. The fourth-order valence-corrected chi connectivity index (χ4v) is 1.96. The Morgan fingerprint density at radius 1 is 1.29 bits per heavy atom. The molecule has 0 unspecified atom stereocenters. The van der Waals surface area contributed by atoms with Crippen molar-refractivity contribution in [3.63, 3.8) is 0 Å². The first kappa shape index (κ1) is 11.4. The number of nitrogens with zero attached hydrogens (tertiary/aromatic N) is 1. The summed E-state index contributed by atoms with van der Waals surface area (Å²) in [5.41, 5.74) is 6.71. The lowest BCUT2D eigenvalue weighted by Gasteiger charge is -2.00. The Morgan fingerprint density at radius 3 is 2.65 bits per heavy atom. The van der Waals surface area contributed by atoms with Crippen LogP contribution in [0.5, 0.6) is 0 Å². The lowest BCUT2D eigenvalue weighted by Crippen LogP contribution is -2.17. The monoisotopic (exact) mass is 230 g/mol. The van der Waals surface area contributed by atoms with Gasteiger partial charge in [0.05, 0.1) is 0 Å². The van der Waals surface area contributed by atoms with E-state index in [9.17, 15) is 9.59 Å². The molecule has 0 bridgehead atoms. The maximum absolute atomic E-state index is 11.8. The molecule has 0 atom stereocenters. The van der Waals surface area contributed by atoms with Crippen molar-refractivity contribution in [1.82, 2.24) is 4.57 Å². The molecule has 1 aromatic heterocycles. The van der Waals surface area contributed by atoms with Crippen LogP contribution in [-0.4, -0.2) is 16.3 Å². The zero-order chi connectivity index (χ0) is 12.4. The van der Waals surface area contributed by atoms with E-state index in [1.807, 2.05) is 31.2 Å². The lowest BCUT2D eigenvalue weighted by molar-refractivity contribution is -0.118. The number of Topliss-reactive ketones (excluding diaryl/α,β-unsaturated/α-hetero) is 1. The fourth-order valence-electron chi connectivity index (χ4n) is 1.96. The summed E-state index contributed by atoms with van der Waals surface area (Å²) in [5, 5.41) is 0.876. The summed E-state index contributed by atoms with van der Waals surface area (Å²) in [5.74, 6) is -0.342. The number of benzene rings is 1. The van der Waals surface area contributed by atoms with Gasteiger partial charge >= 0.3 is 0 Å². The molecule has 1 aromatic carbocycles. The molecule has 0 radical (unpaired) electrons. The SMILES string of the molecule is CCC(=O)c1cn(CC(N)=O)c2ccccc12. The van der Waals surface area contributed by atoms with Gasteiger partial charge in [0.25, 0.3) is 0 Å². The number of hydrogen-bond donors (Lipinski definition) is 1. The Kier molecular flexibility index (Phi) is 2.95. The second kappa shape index (κ2) is 4.41. The van der Waals surface area contributed by atoms with Gasteiger partial charge in [0.2, 0.25) is 5.91 Å². The highest BCUT2D eigenvalue weighted by molar-refractivity contribution is 6.08. The normalized spacial score (nSPS) is 10.6. The number of rotatable bonds is 4. The van der Waals surface area contributed by atoms with E-state index in [1.54, 1.807) is 10.8 Å². The van der Waals surface area contributed by atoms with Crippen LogP contribution in [0.15, 0.2) is 30.5 Å². The molecular weight excluding hydrogens is 216 g/mol. The lowest BCUT2D eigenvalue weighted by atomic mass is 10.1. The van der Waals surface area contributed by atoms with Gasteiger partial charge in [0.1, 0.15) is 6.54 Å². The average molecular weight is 230 g/mol. The van der Waals surface area contributed by atoms with Gasteiger partial charge in [0.15, 0.2) is 5.78 Å². The number of amides is 1. The molecule has 0 saturated heterocycles. The number of carbonyl (C=O) groups is 2. The Labute approximate surface area is 99.0 Å². The Hall–Kier alpha value is -2.10. The highest BCUT2D eigenvalue weighted by atomic mass is 16.1. The third-order valence-electron chi connectivity index (χ3n) is 2.74.